The molecule has 1 N–H and O–H groups in total. The molecule has 1 saturated carbocycles. The highest BCUT2D eigenvalue weighted by Gasteiger charge is 2.45. The number of carboxylic acid groups (broad SMARTS) is 1. The van der Waals surface area contributed by atoms with Crippen molar-refractivity contribution in [2.24, 2.45) is 7.05 Å². The van der Waals surface area contributed by atoms with E-state index >= 15 is 0 Å². The maximum absolute atomic E-state index is 12.6. The number of carbonyl (C=O) groups excluding carboxylic acids is 1. The molecule has 2 rings (SSSR count). The van der Waals surface area contributed by atoms with E-state index < -0.39 is 11.5 Å². The van der Waals surface area contributed by atoms with Crippen molar-refractivity contribution < 1.29 is 14.7 Å². The van der Waals surface area contributed by atoms with Crippen LogP contribution in [-0.2, 0) is 11.8 Å². The topological polar surface area (TPSA) is 62.5 Å². The van der Waals surface area contributed by atoms with E-state index in [4.69, 9.17) is 11.6 Å². The highest BCUT2D eigenvalue weighted by atomic mass is 35.5. The molecular formula is C14H19ClN2O3. The molecule has 1 aromatic heterocycles. The lowest BCUT2D eigenvalue weighted by molar-refractivity contribution is -0.151. The molecule has 0 bridgehead atoms. The number of carboxylic acids is 1. The average molecular weight is 299 g/mol. The van der Waals surface area contributed by atoms with Gasteiger partial charge in [-0.3, -0.25) is 4.79 Å². The normalized spacial score (nSPS) is 17.8. The van der Waals surface area contributed by atoms with Crippen LogP contribution in [0.15, 0.2) is 12.3 Å². The predicted octanol–water partition coefficient (Wildman–Crippen LogP) is 2.54. The minimum Gasteiger partial charge on any atom is -0.479 e. The van der Waals surface area contributed by atoms with Crippen LogP contribution in [0.1, 0.15) is 42.6 Å². The summed E-state index contributed by atoms with van der Waals surface area (Å²) in [7, 11) is 3.30. The summed E-state index contributed by atoms with van der Waals surface area (Å²) in [6, 6.07) is 1.57. The van der Waals surface area contributed by atoms with E-state index in [0.29, 0.717) is 23.6 Å². The van der Waals surface area contributed by atoms with Gasteiger partial charge in [-0.2, -0.15) is 0 Å². The fourth-order valence-corrected chi connectivity index (χ4v) is 3.18. The summed E-state index contributed by atoms with van der Waals surface area (Å²) in [5.74, 6) is -1.22. The average Bonchev–Trinajstić information content (AvgIpc) is 2.76. The Morgan fingerprint density at radius 2 is 1.95 bits per heavy atom. The Kier molecular flexibility index (Phi) is 4.09. The highest BCUT2D eigenvalue weighted by Crippen LogP contribution is 2.34. The van der Waals surface area contributed by atoms with Gasteiger partial charge in [0.1, 0.15) is 11.2 Å². The molecule has 1 aromatic rings. The SMILES string of the molecule is CN(C(=O)c1cc(Cl)cn1C)C1(C(=O)O)CCCCC1. The molecule has 1 aliphatic rings. The van der Waals surface area contributed by atoms with Crippen molar-refractivity contribution in [3.8, 4) is 0 Å². The molecule has 0 aliphatic heterocycles. The Balaban J connectivity index is 2.32. The third-order valence-corrected chi connectivity index (χ3v) is 4.42. The fourth-order valence-electron chi connectivity index (χ4n) is 2.93. The summed E-state index contributed by atoms with van der Waals surface area (Å²) in [6.07, 6.45) is 5.32. The number of hydrogen-bond donors (Lipinski definition) is 1. The van der Waals surface area contributed by atoms with Crippen LogP contribution >= 0.6 is 11.6 Å². The van der Waals surface area contributed by atoms with Crippen molar-refractivity contribution in [2.45, 2.75) is 37.6 Å². The monoisotopic (exact) mass is 298 g/mol. The minimum atomic E-state index is -1.09. The van der Waals surface area contributed by atoms with Crippen LogP contribution in [0.4, 0.5) is 0 Å². The van der Waals surface area contributed by atoms with Gasteiger partial charge < -0.3 is 14.6 Å². The third-order valence-electron chi connectivity index (χ3n) is 4.22. The van der Waals surface area contributed by atoms with Gasteiger partial charge in [0.2, 0.25) is 0 Å². The van der Waals surface area contributed by atoms with Crippen LogP contribution in [0.3, 0.4) is 0 Å². The van der Waals surface area contributed by atoms with E-state index in [2.05, 4.69) is 0 Å². The number of nitrogens with zero attached hydrogens (tertiary/aromatic N) is 2. The van der Waals surface area contributed by atoms with Crippen LogP contribution in [0.25, 0.3) is 0 Å². The van der Waals surface area contributed by atoms with Gasteiger partial charge in [0, 0.05) is 20.3 Å². The molecule has 1 aliphatic carbocycles. The third kappa shape index (κ3) is 2.42. The van der Waals surface area contributed by atoms with Gasteiger partial charge in [-0.15, -0.1) is 0 Å². The zero-order chi connectivity index (χ0) is 14.9. The number of rotatable bonds is 3. The van der Waals surface area contributed by atoms with Gasteiger partial charge in [-0.25, -0.2) is 4.79 Å². The number of likely N-dealkylation sites (N-methyl/N-ethyl adjacent to an activating group) is 1. The predicted molar refractivity (Wildman–Crippen MR) is 76.0 cm³/mol. The first-order valence-corrected chi connectivity index (χ1v) is 7.10. The van der Waals surface area contributed by atoms with Crippen molar-refractivity contribution in [1.82, 2.24) is 9.47 Å². The van der Waals surface area contributed by atoms with Crippen molar-refractivity contribution >= 4 is 23.5 Å². The van der Waals surface area contributed by atoms with Crippen LogP contribution in [0.2, 0.25) is 5.02 Å². The van der Waals surface area contributed by atoms with Crippen LogP contribution in [0.5, 0.6) is 0 Å². The van der Waals surface area contributed by atoms with Gasteiger partial charge >= 0.3 is 5.97 Å². The minimum absolute atomic E-state index is 0.302. The summed E-state index contributed by atoms with van der Waals surface area (Å²) >= 11 is 5.89. The number of aromatic nitrogens is 1. The maximum Gasteiger partial charge on any atom is 0.329 e. The smallest absolute Gasteiger partial charge is 0.329 e. The van der Waals surface area contributed by atoms with E-state index in [-0.39, 0.29) is 5.91 Å². The molecule has 0 unspecified atom stereocenters. The molecule has 110 valence electrons. The standard InChI is InChI=1S/C14H19ClN2O3/c1-16-9-10(15)8-11(16)12(18)17(2)14(13(19)20)6-4-3-5-7-14/h8-9H,3-7H2,1-2H3,(H,19,20). The Labute approximate surface area is 123 Å². The van der Waals surface area contributed by atoms with Crippen molar-refractivity contribution in [2.75, 3.05) is 7.05 Å². The summed E-state index contributed by atoms with van der Waals surface area (Å²) in [5.41, 5.74) is -0.685. The molecule has 0 atom stereocenters. The summed E-state index contributed by atoms with van der Waals surface area (Å²) in [4.78, 5) is 25.7. The summed E-state index contributed by atoms with van der Waals surface area (Å²) in [6.45, 7) is 0. The molecule has 20 heavy (non-hydrogen) atoms. The summed E-state index contributed by atoms with van der Waals surface area (Å²) in [5, 5.41) is 10.1. The quantitative estimate of drug-likeness (QED) is 0.933. The van der Waals surface area contributed by atoms with Gasteiger partial charge in [-0.05, 0) is 18.9 Å². The largest absolute Gasteiger partial charge is 0.479 e. The van der Waals surface area contributed by atoms with Crippen molar-refractivity contribution in [3.05, 3.63) is 23.0 Å². The van der Waals surface area contributed by atoms with E-state index in [1.807, 2.05) is 0 Å². The van der Waals surface area contributed by atoms with E-state index in [9.17, 15) is 14.7 Å². The molecule has 0 aromatic carbocycles. The first kappa shape index (κ1) is 14.9. The van der Waals surface area contributed by atoms with Gasteiger partial charge in [0.25, 0.3) is 5.91 Å². The first-order valence-electron chi connectivity index (χ1n) is 6.72. The second kappa shape index (κ2) is 5.48. The fraction of sp³-hybridized carbons (Fsp3) is 0.571. The number of aliphatic carboxylic acids is 1. The van der Waals surface area contributed by atoms with Crippen molar-refractivity contribution in [1.29, 1.82) is 0 Å². The number of carbonyl (C=O) groups is 2. The molecule has 0 spiro atoms. The molecule has 1 amide bonds. The zero-order valence-electron chi connectivity index (χ0n) is 11.7. The van der Waals surface area contributed by atoms with Gasteiger partial charge in [-0.1, -0.05) is 30.9 Å². The van der Waals surface area contributed by atoms with E-state index in [0.717, 1.165) is 19.3 Å². The van der Waals surface area contributed by atoms with E-state index in [1.165, 1.54) is 4.90 Å². The maximum atomic E-state index is 12.6. The lowest BCUT2D eigenvalue weighted by Gasteiger charge is -2.40. The molecule has 0 radical (unpaired) electrons. The second-order valence-corrected chi connectivity index (χ2v) is 5.85. The summed E-state index contributed by atoms with van der Waals surface area (Å²) < 4.78 is 1.62. The highest BCUT2D eigenvalue weighted by molar-refractivity contribution is 6.31. The number of halogens is 1. The molecule has 6 heteroatoms. The Bertz CT molecular complexity index is 533. The van der Waals surface area contributed by atoms with Crippen LogP contribution < -0.4 is 0 Å². The molecule has 5 nitrogen and oxygen atoms in total. The van der Waals surface area contributed by atoms with Crippen LogP contribution in [0, 0.1) is 0 Å². The second-order valence-electron chi connectivity index (χ2n) is 5.42. The van der Waals surface area contributed by atoms with E-state index in [1.54, 1.807) is 30.9 Å². The Morgan fingerprint density at radius 1 is 1.35 bits per heavy atom. The first-order chi connectivity index (χ1) is 9.38. The molecule has 0 saturated heterocycles. The molecule has 1 heterocycles. The van der Waals surface area contributed by atoms with Crippen LogP contribution in [-0.4, -0.2) is 39.0 Å². The lowest BCUT2D eigenvalue weighted by Crippen LogP contribution is -2.56. The van der Waals surface area contributed by atoms with Crippen molar-refractivity contribution in [3.63, 3.8) is 0 Å². The van der Waals surface area contributed by atoms with Gasteiger partial charge in [0.15, 0.2) is 0 Å². The lowest BCUT2D eigenvalue weighted by atomic mass is 9.80. The number of aryl methyl sites for hydroxylation is 1. The van der Waals surface area contributed by atoms with Gasteiger partial charge in [0.05, 0.1) is 5.02 Å². The molecule has 1 fully saturated rings. The number of amides is 1. The molecular weight excluding hydrogens is 280 g/mol. The Morgan fingerprint density at radius 3 is 2.40 bits per heavy atom. The number of hydrogen-bond acceptors (Lipinski definition) is 2. The Hall–Kier alpha value is -1.49. The zero-order valence-corrected chi connectivity index (χ0v) is 12.5.